The molecular formula is C14H14Cl2N2O2. The number of aromatic nitrogens is 2. The maximum Gasteiger partial charge on any atom is 0.287 e. The first-order valence-corrected chi connectivity index (χ1v) is 6.83. The molecule has 20 heavy (non-hydrogen) atoms. The van der Waals surface area contributed by atoms with Crippen molar-refractivity contribution in [2.24, 2.45) is 0 Å². The minimum atomic E-state index is -0.719. The van der Waals surface area contributed by atoms with Crippen LogP contribution in [0.2, 0.25) is 10.0 Å². The fourth-order valence-corrected chi connectivity index (χ4v) is 2.16. The number of hydrogen-bond acceptors (Lipinski definition) is 3. The third-order valence-corrected chi connectivity index (χ3v) is 3.31. The Morgan fingerprint density at radius 2 is 2.00 bits per heavy atom. The second-order valence-electron chi connectivity index (χ2n) is 4.51. The number of halogens is 2. The van der Waals surface area contributed by atoms with Crippen molar-refractivity contribution in [2.45, 2.75) is 26.9 Å². The van der Waals surface area contributed by atoms with Crippen LogP contribution in [-0.2, 0) is 0 Å². The van der Waals surface area contributed by atoms with E-state index in [-0.39, 0.29) is 5.91 Å². The zero-order valence-electron chi connectivity index (χ0n) is 11.4. The van der Waals surface area contributed by atoms with Crippen LogP contribution in [-0.4, -0.2) is 21.8 Å². The van der Waals surface area contributed by atoms with Gasteiger partial charge in [-0.3, -0.25) is 4.79 Å². The molecule has 1 aromatic heterocycles. The molecule has 2 rings (SSSR count). The van der Waals surface area contributed by atoms with Crippen LogP contribution in [0.4, 0.5) is 0 Å². The van der Waals surface area contributed by atoms with Crippen LogP contribution in [0.5, 0.6) is 5.75 Å². The summed E-state index contributed by atoms with van der Waals surface area (Å²) in [7, 11) is 0. The minimum absolute atomic E-state index is 0.258. The molecule has 2 aromatic rings. The van der Waals surface area contributed by atoms with Crippen LogP contribution in [0.15, 0.2) is 24.3 Å². The fourth-order valence-electron chi connectivity index (χ4n) is 1.83. The lowest BCUT2D eigenvalue weighted by Gasteiger charge is -2.15. The molecule has 0 bridgehead atoms. The Kier molecular flexibility index (Phi) is 4.35. The molecule has 0 amide bonds. The van der Waals surface area contributed by atoms with Crippen LogP contribution in [0.1, 0.15) is 23.1 Å². The first-order chi connectivity index (χ1) is 9.38. The summed E-state index contributed by atoms with van der Waals surface area (Å²) in [6, 6.07) is 6.69. The van der Waals surface area contributed by atoms with E-state index in [2.05, 4.69) is 5.10 Å². The zero-order valence-corrected chi connectivity index (χ0v) is 12.9. The molecule has 0 aliphatic carbocycles. The molecule has 0 N–H and O–H groups in total. The summed E-state index contributed by atoms with van der Waals surface area (Å²) in [5.41, 5.74) is 1.55. The zero-order chi connectivity index (χ0) is 14.9. The Labute approximate surface area is 127 Å². The van der Waals surface area contributed by atoms with Gasteiger partial charge in [0.25, 0.3) is 5.91 Å². The van der Waals surface area contributed by atoms with E-state index < -0.39 is 6.10 Å². The first-order valence-electron chi connectivity index (χ1n) is 6.07. The van der Waals surface area contributed by atoms with Crippen molar-refractivity contribution in [1.82, 2.24) is 9.78 Å². The van der Waals surface area contributed by atoms with Crippen molar-refractivity contribution in [1.29, 1.82) is 0 Å². The van der Waals surface area contributed by atoms with Crippen molar-refractivity contribution in [3.05, 3.63) is 45.7 Å². The highest BCUT2D eigenvalue weighted by molar-refractivity contribution is 6.34. The summed E-state index contributed by atoms with van der Waals surface area (Å²) >= 11 is 11.9. The van der Waals surface area contributed by atoms with E-state index in [1.54, 1.807) is 25.1 Å². The Hall–Kier alpha value is -1.52. The van der Waals surface area contributed by atoms with Gasteiger partial charge in [-0.25, -0.2) is 4.68 Å². The van der Waals surface area contributed by atoms with E-state index in [9.17, 15) is 4.79 Å². The molecule has 4 nitrogen and oxygen atoms in total. The maximum atomic E-state index is 12.3. The predicted octanol–water partition coefficient (Wildman–Crippen LogP) is 3.91. The predicted molar refractivity (Wildman–Crippen MR) is 78.9 cm³/mol. The van der Waals surface area contributed by atoms with E-state index >= 15 is 0 Å². The van der Waals surface area contributed by atoms with Gasteiger partial charge in [-0.05, 0) is 39.0 Å². The van der Waals surface area contributed by atoms with E-state index in [0.717, 1.165) is 11.4 Å². The summed E-state index contributed by atoms with van der Waals surface area (Å²) in [6.07, 6.45) is -0.719. The van der Waals surface area contributed by atoms with Crippen molar-refractivity contribution in [3.63, 3.8) is 0 Å². The molecule has 0 aliphatic heterocycles. The number of carbonyl (C=O) groups is 1. The van der Waals surface area contributed by atoms with E-state index in [1.165, 1.54) is 4.68 Å². The van der Waals surface area contributed by atoms with E-state index in [1.807, 2.05) is 19.9 Å². The van der Waals surface area contributed by atoms with Gasteiger partial charge in [0.2, 0.25) is 0 Å². The standard InChI is InChI=1S/C14H14Cl2N2O2/c1-8-6-9(2)18(17-8)14(19)10(3)20-13-7-11(15)4-5-12(13)16/h4-7,10H,1-3H3/t10-/m1/s1. The van der Waals surface area contributed by atoms with Gasteiger partial charge >= 0.3 is 0 Å². The van der Waals surface area contributed by atoms with Gasteiger partial charge in [0.1, 0.15) is 5.75 Å². The van der Waals surface area contributed by atoms with Gasteiger partial charge in [0.15, 0.2) is 6.10 Å². The highest BCUT2D eigenvalue weighted by Crippen LogP contribution is 2.28. The summed E-state index contributed by atoms with van der Waals surface area (Å²) < 4.78 is 6.91. The van der Waals surface area contributed by atoms with Crippen LogP contribution in [0.25, 0.3) is 0 Å². The summed E-state index contributed by atoms with van der Waals surface area (Å²) in [5.74, 6) is 0.119. The molecule has 1 atom stereocenters. The highest BCUT2D eigenvalue weighted by Gasteiger charge is 2.20. The molecule has 6 heteroatoms. The number of aryl methyl sites for hydroxylation is 2. The van der Waals surface area contributed by atoms with Gasteiger partial charge in [-0.2, -0.15) is 5.10 Å². The number of nitrogens with zero attached hydrogens (tertiary/aromatic N) is 2. The van der Waals surface area contributed by atoms with E-state index in [0.29, 0.717) is 15.8 Å². The second kappa shape index (κ2) is 5.85. The summed E-state index contributed by atoms with van der Waals surface area (Å²) in [6.45, 7) is 5.29. The van der Waals surface area contributed by atoms with Crippen LogP contribution in [0, 0.1) is 13.8 Å². The lowest BCUT2D eigenvalue weighted by Crippen LogP contribution is -2.30. The topological polar surface area (TPSA) is 44.1 Å². The molecule has 0 spiro atoms. The Bertz CT molecular complexity index is 653. The summed E-state index contributed by atoms with van der Waals surface area (Å²) in [4.78, 5) is 12.3. The lowest BCUT2D eigenvalue weighted by atomic mass is 10.3. The molecule has 0 radical (unpaired) electrons. The normalized spacial score (nSPS) is 12.2. The number of hydrogen-bond donors (Lipinski definition) is 0. The Balaban J connectivity index is 2.19. The largest absolute Gasteiger partial charge is 0.479 e. The number of rotatable bonds is 3. The molecule has 0 saturated carbocycles. The molecule has 0 fully saturated rings. The quantitative estimate of drug-likeness (QED) is 0.863. The smallest absolute Gasteiger partial charge is 0.287 e. The van der Waals surface area contributed by atoms with Gasteiger partial charge in [-0.1, -0.05) is 23.2 Å². The van der Waals surface area contributed by atoms with Crippen molar-refractivity contribution >= 4 is 29.1 Å². The molecule has 0 saturated heterocycles. The third kappa shape index (κ3) is 3.14. The molecule has 0 aliphatic rings. The summed E-state index contributed by atoms with van der Waals surface area (Å²) in [5, 5.41) is 5.04. The van der Waals surface area contributed by atoms with Gasteiger partial charge < -0.3 is 4.74 Å². The van der Waals surface area contributed by atoms with E-state index in [4.69, 9.17) is 27.9 Å². The maximum absolute atomic E-state index is 12.3. The van der Waals surface area contributed by atoms with Crippen molar-refractivity contribution in [3.8, 4) is 5.75 Å². The second-order valence-corrected chi connectivity index (χ2v) is 5.36. The molecular weight excluding hydrogens is 299 g/mol. The highest BCUT2D eigenvalue weighted by atomic mass is 35.5. The third-order valence-electron chi connectivity index (χ3n) is 2.76. The lowest BCUT2D eigenvalue weighted by molar-refractivity contribution is 0.0707. The molecule has 106 valence electrons. The molecule has 0 unspecified atom stereocenters. The van der Waals surface area contributed by atoms with Crippen LogP contribution in [0.3, 0.4) is 0 Å². The molecule has 1 aromatic carbocycles. The average molecular weight is 313 g/mol. The fraction of sp³-hybridized carbons (Fsp3) is 0.286. The number of ether oxygens (including phenoxy) is 1. The van der Waals surface area contributed by atoms with Gasteiger partial charge in [-0.15, -0.1) is 0 Å². The van der Waals surface area contributed by atoms with Crippen molar-refractivity contribution in [2.75, 3.05) is 0 Å². The average Bonchev–Trinajstić information content (AvgIpc) is 2.72. The Morgan fingerprint density at radius 1 is 1.30 bits per heavy atom. The Morgan fingerprint density at radius 3 is 2.60 bits per heavy atom. The monoisotopic (exact) mass is 312 g/mol. The SMILES string of the molecule is Cc1cc(C)n(C(=O)[C@@H](C)Oc2cc(Cl)ccc2Cl)n1. The molecule has 1 heterocycles. The first kappa shape index (κ1) is 14.9. The minimum Gasteiger partial charge on any atom is -0.479 e. The van der Waals surface area contributed by atoms with Gasteiger partial charge in [0, 0.05) is 16.8 Å². The van der Waals surface area contributed by atoms with Gasteiger partial charge in [0.05, 0.1) is 10.7 Å². The number of carbonyl (C=O) groups excluding carboxylic acids is 1. The van der Waals surface area contributed by atoms with Crippen molar-refractivity contribution < 1.29 is 9.53 Å². The van der Waals surface area contributed by atoms with Crippen LogP contribution < -0.4 is 4.74 Å². The number of benzene rings is 1. The van der Waals surface area contributed by atoms with Crippen LogP contribution >= 0.6 is 23.2 Å².